The fourth-order valence-electron chi connectivity index (χ4n) is 4.65. The summed E-state index contributed by atoms with van der Waals surface area (Å²) in [6.45, 7) is 0. The molecule has 10 heteroatoms. The molecule has 1 atom stereocenters. The fourth-order valence-corrected chi connectivity index (χ4v) is 6.42. The highest BCUT2D eigenvalue weighted by Gasteiger charge is 2.41. The summed E-state index contributed by atoms with van der Waals surface area (Å²) in [5.74, 6) is 0.498. The van der Waals surface area contributed by atoms with E-state index in [1.807, 2.05) is 42.5 Å². The van der Waals surface area contributed by atoms with Gasteiger partial charge in [-0.25, -0.2) is 0 Å². The third-order valence-corrected chi connectivity index (χ3v) is 8.39. The molecule has 5 rings (SSSR count). The third kappa shape index (κ3) is 4.75. The van der Waals surface area contributed by atoms with E-state index in [0.29, 0.717) is 45.6 Å². The Balaban J connectivity index is 1.50. The summed E-state index contributed by atoms with van der Waals surface area (Å²) in [5.41, 5.74) is 9.61. The van der Waals surface area contributed by atoms with Crippen LogP contribution in [0.5, 0.6) is 5.75 Å². The van der Waals surface area contributed by atoms with E-state index in [9.17, 15) is 14.9 Å². The SMILES string of the molecule is COc1cccc(C2C(C#N)=C(N)N(c3nnc(SCC(=O)c4ccccc4)s3)C3=C2C(=O)CCC3)c1. The van der Waals surface area contributed by atoms with Gasteiger partial charge in [0, 0.05) is 23.3 Å². The number of benzene rings is 2. The molecule has 1 aromatic heterocycles. The van der Waals surface area contributed by atoms with Gasteiger partial charge in [0.15, 0.2) is 15.9 Å². The minimum atomic E-state index is -0.579. The Morgan fingerprint density at radius 2 is 2.03 bits per heavy atom. The number of thioether (sulfide) groups is 1. The van der Waals surface area contributed by atoms with Crippen LogP contribution in [-0.4, -0.2) is 34.6 Å². The monoisotopic (exact) mass is 529 g/mol. The Labute approximate surface area is 222 Å². The van der Waals surface area contributed by atoms with Gasteiger partial charge in [-0.05, 0) is 30.5 Å². The van der Waals surface area contributed by atoms with Crippen molar-refractivity contribution in [3.05, 3.63) is 88.4 Å². The molecule has 37 heavy (non-hydrogen) atoms. The van der Waals surface area contributed by atoms with Gasteiger partial charge < -0.3 is 10.5 Å². The number of hydrogen-bond acceptors (Lipinski definition) is 10. The topological polar surface area (TPSA) is 122 Å². The summed E-state index contributed by atoms with van der Waals surface area (Å²) >= 11 is 2.58. The minimum absolute atomic E-state index is 0.00416. The average Bonchev–Trinajstić information content (AvgIpc) is 3.40. The number of allylic oxidation sites excluding steroid dienone is 3. The summed E-state index contributed by atoms with van der Waals surface area (Å²) in [6.07, 6.45) is 1.71. The number of nitriles is 1. The maximum atomic E-state index is 13.3. The first-order valence-electron chi connectivity index (χ1n) is 11.7. The molecular formula is C27H23N5O3S2. The van der Waals surface area contributed by atoms with Crippen molar-refractivity contribution in [1.29, 1.82) is 5.26 Å². The van der Waals surface area contributed by atoms with Crippen LogP contribution in [0.3, 0.4) is 0 Å². The van der Waals surface area contributed by atoms with Gasteiger partial charge in [-0.3, -0.25) is 14.5 Å². The number of aromatic nitrogens is 2. The molecule has 0 saturated carbocycles. The van der Waals surface area contributed by atoms with Crippen LogP contribution >= 0.6 is 23.1 Å². The highest BCUT2D eigenvalue weighted by molar-refractivity contribution is 8.01. The molecule has 0 saturated heterocycles. The molecule has 0 bridgehead atoms. The Morgan fingerprint density at radius 1 is 1.22 bits per heavy atom. The molecule has 0 amide bonds. The van der Waals surface area contributed by atoms with Crippen molar-refractivity contribution in [2.24, 2.45) is 5.73 Å². The first-order valence-corrected chi connectivity index (χ1v) is 13.5. The molecule has 1 aliphatic carbocycles. The standard InChI is InChI=1S/C27H23N5O3S2/c1-35-18-10-5-9-17(13-18)23-19(14-28)25(29)32(20-11-6-12-21(33)24(20)23)26-30-31-27(37-26)36-15-22(34)16-7-3-2-4-8-16/h2-5,7-10,13,23H,6,11-12,15,29H2,1H3. The first-order chi connectivity index (χ1) is 18.0. The summed E-state index contributed by atoms with van der Waals surface area (Å²) in [5, 5.41) is 19.2. The number of carbonyl (C=O) groups is 2. The molecule has 0 radical (unpaired) electrons. The lowest BCUT2D eigenvalue weighted by Crippen LogP contribution is -2.38. The predicted molar refractivity (Wildman–Crippen MR) is 142 cm³/mol. The van der Waals surface area contributed by atoms with Gasteiger partial charge in [-0.1, -0.05) is 65.6 Å². The van der Waals surface area contributed by atoms with Crippen LogP contribution in [0.15, 0.2) is 81.6 Å². The Hall–Kier alpha value is -3.94. The van der Waals surface area contributed by atoms with Gasteiger partial charge >= 0.3 is 0 Å². The van der Waals surface area contributed by atoms with Gasteiger partial charge in [0.05, 0.1) is 30.4 Å². The fraction of sp³-hybridized carbons (Fsp3) is 0.222. The second-order valence-electron chi connectivity index (χ2n) is 8.52. The lowest BCUT2D eigenvalue weighted by molar-refractivity contribution is -0.116. The number of rotatable bonds is 7. The van der Waals surface area contributed by atoms with E-state index in [4.69, 9.17) is 10.5 Å². The number of carbonyl (C=O) groups excluding carboxylic acids is 2. The Kier molecular flexibility index (Phi) is 7.08. The van der Waals surface area contributed by atoms with Crippen molar-refractivity contribution in [2.45, 2.75) is 29.5 Å². The second kappa shape index (κ2) is 10.6. The van der Waals surface area contributed by atoms with Crippen LogP contribution < -0.4 is 15.4 Å². The smallest absolute Gasteiger partial charge is 0.219 e. The largest absolute Gasteiger partial charge is 0.497 e. The third-order valence-electron chi connectivity index (χ3n) is 6.35. The minimum Gasteiger partial charge on any atom is -0.497 e. The van der Waals surface area contributed by atoms with Crippen molar-refractivity contribution >= 4 is 39.8 Å². The summed E-state index contributed by atoms with van der Waals surface area (Å²) < 4.78 is 5.98. The predicted octanol–water partition coefficient (Wildman–Crippen LogP) is 4.83. The van der Waals surface area contributed by atoms with Gasteiger partial charge in [0.25, 0.3) is 0 Å². The number of Topliss-reactive ketones (excluding diaryl/α,β-unsaturated/α-hetero) is 2. The number of nitrogens with two attached hydrogens (primary N) is 1. The molecule has 3 aromatic rings. The number of methoxy groups -OCH3 is 1. The quantitative estimate of drug-likeness (QED) is 0.339. The number of ether oxygens (including phenoxy) is 1. The van der Waals surface area contributed by atoms with Crippen LogP contribution in [0.1, 0.15) is 41.1 Å². The van der Waals surface area contributed by atoms with Gasteiger partial charge in [0.2, 0.25) is 5.13 Å². The zero-order valence-electron chi connectivity index (χ0n) is 20.0. The van der Waals surface area contributed by atoms with E-state index in [1.54, 1.807) is 24.1 Å². The summed E-state index contributed by atoms with van der Waals surface area (Å²) in [6, 6.07) is 18.7. The second-order valence-corrected chi connectivity index (χ2v) is 10.7. The highest BCUT2D eigenvalue weighted by Crippen LogP contribution is 2.47. The average molecular weight is 530 g/mol. The molecule has 186 valence electrons. The number of nitrogens with zero attached hydrogens (tertiary/aromatic N) is 4. The highest BCUT2D eigenvalue weighted by atomic mass is 32.2. The van der Waals surface area contributed by atoms with E-state index in [2.05, 4.69) is 16.3 Å². The van der Waals surface area contributed by atoms with Crippen LogP contribution in [0.25, 0.3) is 0 Å². The van der Waals surface area contributed by atoms with E-state index < -0.39 is 5.92 Å². The molecule has 0 spiro atoms. The van der Waals surface area contributed by atoms with Gasteiger partial charge in [-0.2, -0.15) is 5.26 Å². The molecule has 8 nitrogen and oxygen atoms in total. The van der Waals surface area contributed by atoms with E-state index in [1.165, 1.54) is 23.1 Å². The van der Waals surface area contributed by atoms with Crippen molar-refractivity contribution in [3.63, 3.8) is 0 Å². The van der Waals surface area contributed by atoms with Gasteiger partial charge in [-0.15, -0.1) is 10.2 Å². The van der Waals surface area contributed by atoms with Crippen molar-refractivity contribution in [3.8, 4) is 11.8 Å². The van der Waals surface area contributed by atoms with Crippen molar-refractivity contribution < 1.29 is 14.3 Å². The van der Waals surface area contributed by atoms with Crippen molar-refractivity contribution in [1.82, 2.24) is 10.2 Å². The number of hydrogen-bond donors (Lipinski definition) is 1. The van der Waals surface area contributed by atoms with Crippen LogP contribution in [0.4, 0.5) is 5.13 Å². The first kappa shape index (κ1) is 24.7. The molecule has 2 aromatic carbocycles. The molecule has 1 aliphatic heterocycles. The zero-order valence-corrected chi connectivity index (χ0v) is 21.6. The molecule has 2 N–H and O–H groups in total. The molecule has 2 heterocycles. The van der Waals surface area contributed by atoms with Crippen molar-refractivity contribution in [2.75, 3.05) is 17.8 Å². The Bertz CT molecular complexity index is 1470. The lowest BCUT2D eigenvalue weighted by atomic mass is 9.76. The maximum Gasteiger partial charge on any atom is 0.219 e. The molecule has 2 aliphatic rings. The summed E-state index contributed by atoms with van der Waals surface area (Å²) in [4.78, 5) is 27.5. The molecular weight excluding hydrogens is 506 g/mol. The van der Waals surface area contributed by atoms with E-state index in [0.717, 1.165) is 11.3 Å². The van der Waals surface area contributed by atoms with Gasteiger partial charge in [0.1, 0.15) is 11.6 Å². The van der Waals surface area contributed by atoms with Crippen LogP contribution in [-0.2, 0) is 4.79 Å². The molecule has 0 fully saturated rings. The molecule has 1 unspecified atom stereocenters. The summed E-state index contributed by atoms with van der Waals surface area (Å²) in [7, 11) is 1.58. The van der Waals surface area contributed by atoms with Crippen LogP contribution in [0, 0.1) is 11.3 Å². The van der Waals surface area contributed by atoms with Crippen LogP contribution in [0.2, 0.25) is 0 Å². The number of ketones is 2. The lowest BCUT2D eigenvalue weighted by Gasteiger charge is -2.38. The van der Waals surface area contributed by atoms with E-state index >= 15 is 0 Å². The zero-order chi connectivity index (χ0) is 25.9. The van der Waals surface area contributed by atoms with E-state index in [-0.39, 0.29) is 28.7 Å². The normalized spacial score (nSPS) is 17.5. The maximum absolute atomic E-state index is 13.3. The number of anilines is 1. The Morgan fingerprint density at radius 3 is 2.78 bits per heavy atom.